The zero-order chi connectivity index (χ0) is 20.0. The molecule has 0 unspecified atom stereocenters. The van der Waals surface area contributed by atoms with Crippen molar-refractivity contribution in [2.45, 2.75) is 13.8 Å². The van der Waals surface area contributed by atoms with Gasteiger partial charge in [-0.2, -0.15) is 0 Å². The summed E-state index contributed by atoms with van der Waals surface area (Å²) in [7, 11) is 0. The molecular weight excluding hydrogens is 416 g/mol. The molecule has 0 fully saturated rings. The van der Waals surface area contributed by atoms with Crippen molar-refractivity contribution in [2.24, 2.45) is 0 Å². The molecule has 0 atom stereocenters. The minimum atomic E-state index is 1.10. The van der Waals surface area contributed by atoms with Crippen LogP contribution in [0.1, 0.15) is 11.1 Å². The van der Waals surface area contributed by atoms with Crippen LogP contribution in [0.15, 0.2) is 95.5 Å². The second kappa shape index (κ2) is 7.17. The molecule has 0 spiro atoms. The molecule has 1 heteroatoms. The molecule has 0 aliphatic rings. The zero-order valence-corrected chi connectivity index (χ0v) is 18.1. The summed E-state index contributed by atoms with van der Waals surface area (Å²) in [5.41, 5.74) is 7.70. The topological polar surface area (TPSA) is 0 Å². The van der Waals surface area contributed by atoms with Gasteiger partial charge in [0.05, 0.1) is 0 Å². The van der Waals surface area contributed by atoms with Crippen LogP contribution in [0.4, 0.5) is 0 Å². The first-order valence-electron chi connectivity index (χ1n) is 9.90. The maximum atomic E-state index is 3.71. The van der Waals surface area contributed by atoms with Gasteiger partial charge in [-0.25, -0.2) is 0 Å². The van der Waals surface area contributed by atoms with E-state index in [1.807, 2.05) is 0 Å². The lowest BCUT2D eigenvalue weighted by atomic mass is 9.85. The minimum absolute atomic E-state index is 1.10. The molecule has 0 heterocycles. The first kappa shape index (κ1) is 18.1. The quantitative estimate of drug-likeness (QED) is 0.242. The van der Waals surface area contributed by atoms with Crippen molar-refractivity contribution in [3.63, 3.8) is 0 Å². The predicted octanol–water partition coefficient (Wildman–Crippen LogP) is 8.71. The summed E-state index contributed by atoms with van der Waals surface area (Å²) < 4.78 is 1.10. The fraction of sp³-hybridized carbons (Fsp3) is 0.0714. The van der Waals surface area contributed by atoms with Crippen LogP contribution >= 0.6 is 15.9 Å². The molecule has 0 saturated heterocycles. The monoisotopic (exact) mass is 436 g/mol. The Bertz CT molecular complexity index is 1380. The Kier molecular flexibility index (Phi) is 4.49. The molecule has 0 N–H and O–H groups in total. The molecule has 5 rings (SSSR count). The van der Waals surface area contributed by atoms with E-state index in [1.54, 1.807) is 0 Å². The van der Waals surface area contributed by atoms with Gasteiger partial charge in [-0.1, -0.05) is 106 Å². The van der Waals surface area contributed by atoms with E-state index in [0.29, 0.717) is 0 Å². The third kappa shape index (κ3) is 3.16. The Morgan fingerprint density at radius 3 is 1.55 bits per heavy atom. The van der Waals surface area contributed by atoms with Crippen molar-refractivity contribution in [2.75, 3.05) is 0 Å². The van der Waals surface area contributed by atoms with E-state index in [-0.39, 0.29) is 0 Å². The van der Waals surface area contributed by atoms with Gasteiger partial charge in [-0.05, 0) is 69.8 Å². The van der Waals surface area contributed by atoms with Gasteiger partial charge >= 0.3 is 0 Å². The lowest BCUT2D eigenvalue weighted by Gasteiger charge is -2.18. The zero-order valence-electron chi connectivity index (χ0n) is 16.5. The molecule has 0 amide bonds. The average molecular weight is 437 g/mol. The highest BCUT2D eigenvalue weighted by Crippen LogP contribution is 2.44. The third-order valence-corrected chi connectivity index (χ3v) is 6.09. The number of hydrogen-bond donors (Lipinski definition) is 0. The maximum absolute atomic E-state index is 3.71. The highest BCUT2D eigenvalue weighted by molar-refractivity contribution is 9.10. The van der Waals surface area contributed by atoms with E-state index in [0.717, 1.165) is 4.47 Å². The van der Waals surface area contributed by atoms with Gasteiger partial charge in [0.2, 0.25) is 0 Å². The molecule has 29 heavy (non-hydrogen) atoms. The molecule has 0 aromatic heterocycles. The van der Waals surface area contributed by atoms with Crippen LogP contribution in [0, 0.1) is 13.8 Å². The third-order valence-electron chi connectivity index (χ3n) is 5.60. The summed E-state index contributed by atoms with van der Waals surface area (Å²) in [6, 6.07) is 33.1. The summed E-state index contributed by atoms with van der Waals surface area (Å²) in [6.45, 7) is 4.32. The van der Waals surface area contributed by atoms with Crippen LogP contribution in [-0.4, -0.2) is 0 Å². The Morgan fingerprint density at radius 2 is 1.00 bits per heavy atom. The first-order chi connectivity index (χ1) is 14.1. The van der Waals surface area contributed by atoms with Crippen LogP contribution in [0.2, 0.25) is 0 Å². The van der Waals surface area contributed by atoms with Crippen molar-refractivity contribution in [1.29, 1.82) is 0 Å². The van der Waals surface area contributed by atoms with Crippen molar-refractivity contribution in [3.05, 3.63) is 107 Å². The molecule has 0 nitrogen and oxygen atoms in total. The molecule has 5 aromatic carbocycles. The standard InChI is InChI=1S/C28H21Br/c1-18-7-5-9-20(15-18)27-23-11-3-4-12-24(23)28(21-10-6-8-19(2)16-21)26-17-22(29)13-14-25(26)27/h3-17H,1-2H3. The number of fused-ring (bicyclic) bond motifs is 2. The lowest BCUT2D eigenvalue weighted by Crippen LogP contribution is -1.91. The van der Waals surface area contributed by atoms with Gasteiger partial charge in [-0.3, -0.25) is 0 Å². The summed E-state index contributed by atoms with van der Waals surface area (Å²) in [4.78, 5) is 0. The van der Waals surface area contributed by atoms with E-state index >= 15 is 0 Å². The van der Waals surface area contributed by atoms with Crippen molar-refractivity contribution in [1.82, 2.24) is 0 Å². The van der Waals surface area contributed by atoms with E-state index < -0.39 is 0 Å². The Balaban J connectivity index is 2.02. The van der Waals surface area contributed by atoms with Crippen LogP contribution in [-0.2, 0) is 0 Å². The number of halogens is 1. The maximum Gasteiger partial charge on any atom is 0.0181 e. The summed E-state index contributed by atoms with van der Waals surface area (Å²) >= 11 is 3.71. The number of benzene rings is 5. The van der Waals surface area contributed by atoms with Gasteiger partial charge in [0.25, 0.3) is 0 Å². The Hall–Kier alpha value is -2.90. The molecule has 0 saturated carbocycles. The van der Waals surface area contributed by atoms with Crippen LogP contribution < -0.4 is 0 Å². The van der Waals surface area contributed by atoms with Crippen LogP contribution in [0.5, 0.6) is 0 Å². The number of hydrogen-bond acceptors (Lipinski definition) is 0. The molecule has 0 aliphatic heterocycles. The average Bonchev–Trinajstić information content (AvgIpc) is 2.72. The fourth-order valence-corrected chi connectivity index (χ4v) is 4.73. The van der Waals surface area contributed by atoms with Crippen LogP contribution in [0.25, 0.3) is 43.8 Å². The minimum Gasteiger partial charge on any atom is -0.0616 e. The summed E-state index contributed by atoms with van der Waals surface area (Å²) in [5, 5.41) is 5.15. The van der Waals surface area contributed by atoms with Gasteiger partial charge in [0.1, 0.15) is 0 Å². The fourth-order valence-electron chi connectivity index (χ4n) is 4.37. The normalized spacial score (nSPS) is 11.3. The Labute approximate surface area is 180 Å². The number of rotatable bonds is 2. The Morgan fingerprint density at radius 1 is 0.483 bits per heavy atom. The van der Waals surface area contributed by atoms with Gasteiger partial charge in [-0.15, -0.1) is 0 Å². The SMILES string of the molecule is Cc1cccc(-c2c3ccccc3c(-c3cccc(C)c3)c3cc(Br)ccc23)c1. The van der Waals surface area contributed by atoms with E-state index in [2.05, 4.69) is 121 Å². The van der Waals surface area contributed by atoms with E-state index in [4.69, 9.17) is 0 Å². The highest BCUT2D eigenvalue weighted by atomic mass is 79.9. The smallest absolute Gasteiger partial charge is 0.0181 e. The summed E-state index contributed by atoms with van der Waals surface area (Å²) in [6.07, 6.45) is 0. The van der Waals surface area contributed by atoms with Crippen LogP contribution in [0.3, 0.4) is 0 Å². The van der Waals surface area contributed by atoms with E-state index in [9.17, 15) is 0 Å². The lowest BCUT2D eigenvalue weighted by molar-refractivity contribution is 1.47. The second-order valence-corrected chi connectivity index (χ2v) is 8.64. The van der Waals surface area contributed by atoms with Crippen molar-refractivity contribution < 1.29 is 0 Å². The summed E-state index contributed by atoms with van der Waals surface area (Å²) in [5.74, 6) is 0. The highest BCUT2D eigenvalue weighted by Gasteiger charge is 2.16. The first-order valence-corrected chi connectivity index (χ1v) is 10.7. The molecule has 0 aliphatic carbocycles. The van der Waals surface area contributed by atoms with E-state index in [1.165, 1.54) is 54.9 Å². The second-order valence-electron chi connectivity index (χ2n) is 7.72. The van der Waals surface area contributed by atoms with Crippen molar-refractivity contribution >= 4 is 37.5 Å². The van der Waals surface area contributed by atoms with Gasteiger partial charge in [0, 0.05) is 4.47 Å². The van der Waals surface area contributed by atoms with Gasteiger partial charge in [0.15, 0.2) is 0 Å². The molecule has 140 valence electrons. The molecule has 0 bridgehead atoms. The van der Waals surface area contributed by atoms with Crippen molar-refractivity contribution in [3.8, 4) is 22.3 Å². The molecular formula is C28H21Br. The molecule has 0 radical (unpaired) electrons. The number of aryl methyl sites for hydroxylation is 2. The molecule has 5 aromatic rings. The van der Waals surface area contributed by atoms with Gasteiger partial charge < -0.3 is 0 Å². The largest absolute Gasteiger partial charge is 0.0616 e. The predicted molar refractivity (Wildman–Crippen MR) is 130 cm³/mol.